The van der Waals surface area contributed by atoms with Gasteiger partial charge >= 0.3 is 57.1 Å². The van der Waals surface area contributed by atoms with E-state index in [0.717, 1.165) is 17.1 Å². The van der Waals surface area contributed by atoms with Crippen molar-refractivity contribution in [3.63, 3.8) is 0 Å². The first-order valence-electron chi connectivity index (χ1n) is 3.15. The van der Waals surface area contributed by atoms with Crippen LogP contribution in [0.3, 0.4) is 0 Å². The molecule has 1 rings (SSSR count). The van der Waals surface area contributed by atoms with Gasteiger partial charge in [0.15, 0.2) is 6.29 Å². The van der Waals surface area contributed by atoms with Crippen molar-refractivity contribution in [3.05, 3.63) is 28.8 Å². The molecule has 8 heteroatoms. The molecule has 0 amide bonds. The molecule has 0 fully saturated rings. The largest absolute Gasteiger partial charge is 1.00 e. The smallest absolute Gasteiger partial charge is 0.876 e. The molecule has 0 unspecified atom stereocenters. The van der Waals surface area contributed by atoms with Gasteiger partial charge in [0.25, 0.3) is 0 Å². The summed E-state index contributed by atoms with van der Waals surface area (Å²) < 4.78 is 0.845. The van der Waals surface area contributed by atoms with Crippen LogP contribution in [0.1, 0.15) is 0 Å². The first-order valence-corrected chi connectivity index (χ1v) is 3.15. The molecule has 0 N–H and O–H groups in total. The summed E-state index contributed by atoms with van der Waals surface area (Å²) in [5.74, 6) is 0. The number of allylic oxidation sites excluding steroid dienone is 1. The van der Waals surface area contributed by atoms with Crippen molar-refractivity contribution in [2.24, 2.45) is 0 Å². The molecule has 0 saturated carbocycles. The third-order valence-electron chi connectivity index (χ3n) is 1.29. The summed E-state index contributed by atoms with van der Waals surface area (Å²) in [6.07, 6.45) is 2.47. The van der Waals surface area contributed by atoms with Gasteiger partial charge in [-0.05, 0) is 0 Å². The maximum Gasteiger partial charge on any atom is 1.00 e. The third-order valence-corrected chi connectivity index (χ3v) is 1.29. The van der Waals surface area contributed by atoms with E-state index >= 15 is 0 Å². The predicted molar refractivity (Wildman–Crippen MR) is 39.2 cm³/mol. The zero-order valence-electron chi connectivity index (χ0n) is 7.28. The molecule has 0 aliphatic rings. The van der Waals surface area contributed by atoms with Crippen molar-refractivity contribution in [1.29, 1.82) is 0 Å². The molecule has 1 aromatic rings. The second kappa shape index (κ2) is 6.04. The Morgan fingerprint density at radius 1 is 1.64 bits per heavy atom. The number of nitrogens with zero attached hydrogens (tertiary/aromatic N) is 3. The van der Waals surface area contributed by atoms with Crippen molar-refractivity contribution >= 4 is 17.7 Å². The molecule has 0 atom stereocenters. The fourth-order valence-corrected chi connectivity index (χ4v) is 0.685. The van der Waals surface area contributed by atoms with Crippen LogP contribution in [-0.2, 0) is 4.79 Å². The Morgan fingerprint density at radius 2 is 2.29 bits per heavy atom. The van der Waals surface area contributed by atoms with E-state index in [2.05, 4.69) is 5.10 Å². The quantitative estimate of drug-likeness (QED) is 0.130. The number of hydrogen-bond donors (Lipinski definition) is 0. The Kier molecular flexibility index (Phi) is 5.80. The Labute approximate surface area is 121 Å². The molecule has 0 radical (unpaired) electrons. The van der Waals surface area contributed by atoms with Gasteiger partial charge in [-0.25, -0.2) is 4.68 Å². The van der Waals surface area contributed by atoms with Gasteiger partial charge in [0.1, 0.15) is 12.4 Å². The third kappa shape index (κ3) is 2.99. The van der Waals surface area contributed by atoms with Crippen LogP contribution in [0.5, 0.6) is 0 Å². The molecule has 0 spiro atoms. The summed E-state index contributed by atoms with van der Waals surface area (Å²) in [6, 6.07) is 0. The van der Waals surface area contributed by atoms with Crippen LogP contribution >= 0.6 is 0 Å². The molecule has 68 valence electrons. The summed E-state index contributed by atoms with van der Waals surface area (Å²) in [4.78, 5) is 19.7. The van der Waals surface area contributed by atoms with Gasteiger partial charge in [-0.2, -0.15) is 5.10 Å². The van der Waals surface area contributed by atoms with Gasteiger partial charge in [-0.3, -0.25) is 14.9 Å². The number of rotatable bonds is 3. The molecule has 0 aliphatic carbocycles. The van der Waals surface area contributed by atoms with Crippen LogP contribution in [0.4, 0.5) is 5.69 Å². The van der Waals surface area contributed by atoms with Gasteiger partial charge in [0.2, 0.25) is 0 Å². The second-order valence-corrected chi connectivity index (χ2v) is 2.06. The number of aromatic nitrogens is 2. The van der Waals surface area contributed by atoms with E-state index in [1.54, 1.807) is 0 Å². The molecular weight excluding hydrogens is 217 g/mol. The first-order chi connectivity index (χ1) is 6.19. The molecule has 14 heavy (non-hydrogen) atoms. The second-order valence-electron chi connectivity index (χ2n) is 2.06. The van der Waals surface area contributed by atoms with Crippen LogP contribution in [-0.4, -0.2) is 21.0 Å². The monoisotopic (exact) mass is 221 g/mol. The Bertz CT molecular complexity index is 373. The van der Waals surface area contributed by atoms with Gasteiger partial charge in [-0.15, -0.1) is 6.26 Å². The zero-order valence-corrected chi connectivity index (χ0v) is 10.4. The van der Waals surface area contributed by atoms with E-state index in [4.69, 9.17) is 0 Å². The van der Waals surface area contributed by atoms with Crippen LogP contribution < -0.4 is 56.5 Å². The minimum absolute atomic E-state index is 0. The summed E-state index contributed by atoms with van der Waals surface area (Å²) in [5, 5.41) is 23.9. The normalized spacial score (nSPS) is 10.4. The van der Waals surface area contributed by atoms with Crippen LogP contribution in [0.2, 0.25) is 0 Å². The maximum atomic E-state index is 10.2. The molecule has 1 aromatic heterocycles. The van der Waals surface area contributed by atoms with Gasteiger partial charge in [0, 0.05) is 0 Å². The summed E-state index contributed by atoms with van der Waals surface area (Å²) in [6.45, 7) is 0. The molecule has 1 heterocycles. The SMILES string of the molecule is O=C/C(=C/[O-])n1cc([N+](=O)[O-])cn1.[K+]. The van der Waals surface area contributed by atoms with Crippen LogP contribution in [0.25, 0.3) is 5.70 Å². The number of carbonyl (C=O) groups is 1. The molecule has 0 saturated heterocycles. The van der Waals surface area contributed by atoms with E-state index in [0.29, 0.717) is 0 Å². The van der Waals surface area contributed by atoms with E-state index in [-0.39, 0.29) is 75.3 Å². The van der Waals surface area contributed by atoms with Crippen molar-refractivity contribution in [3.8, 4) is 0 Å². The summed E-state index contributed by atoms with van der Waals surface area (Å²) in [7, 11) is 0. The van der Waals surface area contributed by atoms with E-state index in [1.807, 2.05) is 0 Å². The number of nitro groups is 1. The summed E-state index contributed by atoms with van der Waals surface area (Å²) >= 11 is 0. The topological polar surface area (TPSA) is 101 Å². The van der Waals surface area contributed by atoms with Gasteiger partial charge < -0.3 is 5.11 Å². The van der Waals surface area contributed by atoms with Crippen molar-refractivity contribution in [2.75, 3.05) is 0 Å². The van der Waals surface area contributed by atoms with E-state index in [1.165, 1.54) is 0 Å². The molecular formula is C6H4KN3O4. The number of hydrogen-bond acceptors (Lipinski definition) is 5. The van der Waals surface area contributed by atoms with Crippen LogP contribution in [0.15, 0.2) is 18.7 Å². The van der Waals surface area contributed by atoms with Crippen molar-refractivity contribution in [1.82, 2.24) is 9.78 Å². The molecule has 0 aromatic carbocycles. The standard InChI is InChI=1S/C6H5N3O4.K/c10-3-6(4-11)8-2-5(1-7-8)9(12)13;/h1-4,10H;/q;+1/p-1/b6-3-;. The van der Waals surface area contributed by atoms with Crippen LogP contribution in [0, 0.1) is 10.1 Å². The minimum Gasteiger partial charge on any atom is -0.876 e. The first kappa shape index (κ1) is 13.5. The molecule has 0 bridgehead atoms. The Hall–Kier alpha value is -0.544. The average Bonchev–Trinajstić information content (AvgIpc) is 2.56. The van der Waals surface area contributed by atoms with E-state index in [9.17, 15) is 20.0 Å². The fourth-order valence-electron chi connectivity index (χ4n) is 0.685. The number of carbonyl (C=O) groups excluding carboxylic acids is 1. The van der Waals surface area contributed by atoms with Gasteiger partial charge in [-0.1, -0.05) is 0 Å². The molecule has 0 aliphatic heterocycles. The maximum absolute atomic E-state index is 10.2. The minimum atomic E-state index is -0.670. The average molecular weight is 221 g/mol. The Morgan fingerprint density at radius 3 is 2.64 bits per heavy atom. The van der Waals surface area contributed by atoms with Gasteiger partial charge in [0.05, 0.1) is 10.6 Å². The van der Waals surface area contributed by atoms with Crippen molar-refractivity contribution in [2.45, 2.75) is 0 Å². The predicted octanol–water partition coefficient (Wildman–Crippen LogP) is -3.85. The van der Waals surface area contributed by atoms with Crippen molar-refractivity contribution < 1.29 is 66.2 Å². The fraction of sp³-hybridized carbons (Fsp3) is 0. The number of aldehydes is 1. The van der Waals surface area contributed by atoms with E-state index < -0.39 is 4.92 Å². The Balaban J connectivity index is 0.00000169. The zero-order chi connectivity index (χ0) is 9.84. The summed E-state index contributed by atoms with van der Waals surface area (Å²) in [5.41, 5.74) is -0.561. The molecule has 7 nitrogen and oxygen atoms in total.